The molecule has 16 heavy (non-hydrogen) atoms. The van der Waals surface area contributed by atoms with Crippen LogP contribution in [0.15, 0.2) is 15.9 Å². The number of carbonyl (C=O) groups is 1. The molecule has 1 unspecified atom stereocenters. The lowest BCUT2D eigenvalue weighted by Crippen LogP contribution is -2.52. The minimum atomic E-state index is -1.15. The second kappa shape index (κ2) is 4.10. The minimum absolute atomic E-state index is 0.0913. The zero-order chi connectivity index (χ0) is 11.8. The van der Waals surface area contributed by atoms with E-state index in [1.54, 1.807) is 6.26 Å². The van der Waals surface area contributed by atoms with E-state index in [2.05, 4.69) is 4.98 Å². The number of oxazole rings is 1. The van der Waals surface area contributed by atoms with Crippen molar-refractivity contribution in [3.05, 3.63) is 12.0 Å². The lowest BCUT2D eigenvalue weighted by Gasteiger charge is -2.22. The highest BCUT2D eigenvalue weighted by molar-refractivity contribution is 7.99. The van der Waals surface area contributed by atoms with Gasteiger partial charge in [0.25, 0.3) is 5.22 Å². The fourth-order valence-electron chi connectivity index (χ4n) is 1.53. The molecule has 1 aromatic rings. The molecule has 2 rings (SSSR count). The monoisotopic (exact) mass is 242 g/mol. The zero-order valence-electron chi connectivity index (χ0n) is 8.97. The Morgan fingerprint density at radius 2 is 2.50 bits per heavy atom. The Balaban J connectivity index is 1.99. The van der Waals surface area contributed by atoms with E-state index in [1.165, 1.54) is 11.8 Å². The first-order valence-electron chi connectivity index (χ1n) is 5.09. The number of aryl methyl sites for hydroxylation is 1. The maximum atomic E-state index is 11.1. The summed E-state index contributed by atoms with van der Waals surface area (Å²) in [4.78, 5) is 15.2. The maximum Gasteiger partial charge on any atom is 0.324 e. The van der Waals surface area contributed by atoms with Gasteiger partial charge in [-0.15, -0.1) is 0 Å². The van der Waals surface area contributed by atoms with Crippen molar-refractivity contribution in [3.8, 4) is 0 Å². The van der Waals surface area contributed by atoms with Crippen LogP contribution in [-0.4, -0.2) is 27.4 Å². The van der Waals surface area contributed by atoms with Gasteiger partial charge in [-0.2, -0.15) is 0 Å². The quantitative estimate of drug-likeness (QED) is 0.756. The van der Waals surface area contributed by atoms with E-state index < -0.39 is 11.5 Å². The summed E-state index contributed by atoms with van der Waals surface area (Å²) < 4.78 is 5.14. The van der Waals surface area contributed by atoms with Crippen molar-refractivity contribution in [1.29, 1.82) is 0 Å². The van der Waals surface area contributed by atoms with Crippen LogP contribution in [0.5, 0.6) is 0 Å². The number of aliphatic carboxylic acids is 1. The van der Waals surface area contributed by atoms with Gasteiger partial charge in [0.15, 0.2) is 0 Å². The summed E-state index contributed by atoms with van der Waals surface area (Å²) in [6.07, 6.45) is 3.33. The largest absolute Gasteiger partial charge is 0.480 e. The second-order valence-electron chi connectivity index (χ2n) is 4.16. The fraction of sp³-hybridized carbons (Fsp3) is 0.600. The van der Waals surface area contributed by atoms with Gasteiger partial charge in [0.05, 0.1) is 5.69 Å². The number of thioether (sulfide) groups is 1. The molecule has 1 aliphatic rings. The first-order chi connectivity index (χ1) is 7.52. The van der Waals surface area contributed by atoms with Crippen LogP contribution in [0, 0.1) is 12.8 Å². The third-order valence-electron chi connectivity index (χ3n) is 2.74. The number of hydrogen-bond acceptors (Lipinski definition) is 5. The highest BCUT2D eigenvalue weighted by Gasteiger charge is 2.48. The van der Waals surface area contributed by atoms with E-state index in [1.807, 2.05) is 6.92 Å². The lowest BCUT2D eigenvalue weighted by molar-refractivity contribution is -0.143. The van der Waals surface area contributed by atoms with Crippen LogP contribution in [0.4, 0.5) is 0 Å². The van der Waals surface area contributed by atoms with E-state index in [0.29, 0.717) is 11.0 Å². The predicted octanol–water partition coefficient (Wildman–Crippen LogP) is 1.27. The molecule has 5 nitrogen and oxygen atoms in total. The van der Waals surface area contributed by atoms with Crippen molar-refractivity contribution in [2.24, 2.45) is 11.7 Å². The Morgan fingerprint density at radius 3 is 2.94 bits per heavy atom. The molecule has 1 aliphatic carbocycles. The Morgan fingerprint density at radius 1 is 1.81 bits per heavy atom. The Kier molecular flexibility index (Phi) is 2.94. The van der Waals surface area contributed by atoms with Gasteiger partial charge in [-0.1, -0.05) is 11.8 Å². The molecule has 0 aromatic carbocycles. The summed E-state index contributed by atoms with van der Waals surface area (Å²) in [5, 5.41) is 9.62. The van der Waals surface area contributed by atoms with Gasteiger partial charge in [0.2, 0.25) is 0 Å². The number of nitrogens with zero attached hydrogens (tertiary/aromatic N) is 1. The standard InChI is InChI=1S/C10H14N2O3S/c1-6-4-15-9(12-6)16-5-10(11,8(13)14)7-2-3-7/h4,7H,2-3,5,11H2,1H3,(H,13,14). The lowest BCUT2D eigenvalue weighted by atomic mass is 9.98. The van der Waals surface area contributed by atoms with Gasteiger partial charge >= 0.3 is 5.97 Å². The second-order valence-corrected chi connectivity index (χ2v) is 5.09. The number of aromatic nitrogens is 1. The number of nitrogens with two attached hydrogens (primary N) is 1. The van der Waals surface area contributed by atoms with Gasteiger partial charge < -0.3 is 15.3 Å². The first kappa shape index (κ1) is 11.5. The van der Waals surface area contributed by atoms with Gasteiger partial charge in [0, 0.05) is 5.75 Å². The average molecular weight is 242 g/mol. The van der Waals surface area contributed by atoms with E-state index in [0.717, 1.165) is 18.5 Å². The minimum Gasteiger partial charge on any atom is -0.480 e. The average Bonchev–Trinajstić information content (AvgIpc) is 2.99. The van der Waals surface area contributed by atoms with Crippen molar-refractivity contribution in [2.45, 2.75) is 30.5 Å². The molecule has 0 spiro atoms. The molecule has 0 radical (unpaired) electrons. The van der Waals surface area contributed by atoms with Crippen molar-refractivity contribution in [1.82, 2.24) is 4.98 Å². The molecule has 0 amide bonds. The zero-order valence-corrected chi connectivity index (χ0v) is 9.79. The summed E-state index contributed by atoms with van der Waals surface area (Å²) in [7, 11) is 0. The first-order valence-corrected chi connectivity index (χ1v) is 6.08. The summed E-state index contributed by atoms with van der Waals surface area (Å²) in [6, 6.07) is 0. The molecular weight excluding hydrogens is 228 g/mol. The smallest absolute Gasteiger partial charge is 0.324 e. The van der Waals surface area contributed by atoms with Crippen LogP contribution < -0.4 is 5.73 Å². The van der Waals surface area contributed by atoms with E-state index in [9.17, 15) is 4.79 Å². The number of carboxylic acid groups (broad SMARTS) is 1. The molecule has 1 aromatic heterocycles. The molecule has 3 N–H and O–H groups in total. The van der Waals surface area contributed by atoms with Crippen LogP contribution in [0.25, 0.3) is 0 Å². The topological polar surface area (TPSA) is 89.3 Å². The summed E-state index contributed by atoms with van der Waals surface area (Å²) >= 11 is 1.26. The summed E-state index contributed by atoms with van der Waals surface area (Å²) in [5.41, 5.74) is 5.55. The van der Waals surface area contributed by atoms with Crippen LogP contribution in [0.3, 0.4) is 0 Å². The third-order valence-corrected chi connectivity index (χ3v) is 3.79. The molecule has 1 heterocycles. The van der Waals surface area contributed by atoms with E-state index in [4.69, 9.17) is 15.3 Å². The van der Waals surface area contributed by atoms with Crippen molar-refractivity contribution in [3.63, 3.8) is 0 Å². The molecule has 0 aliphatic heterocycles. The van der Waals surface area contributed by atoms with Gasteiger partial charge in [-0.05, 0) is 25.7 Å². The maximum absolute atomic E-state index is 11.1. The van der Waals surface area contributed by atoms with Crippen LogP contribution in [-0.2, 0) is 4.79 Å². The normalized spacial score (nSPS) is 19.4. The van der Waals surface area contributed by atoms with E-state index in [-0.39, 0.29) is 5.92 Å². The van der Waals surface area contributed by atoms with E-state index >= 15 is 0 Å². The molecule has 1 atom stereocenters. The fourth-order valence-corrected chi connectivity index (χ4v) is 2.58. The number of hydrogen-bond donors (Lipinski definition) is 2. The van der Waals surface area contributed by atoms with Crippen LogP contribution in [0.2, 0.25) is 0 Å². The van der Waals surface area contributed by atoms with Gasteiger partial charge in [-0.25, -0.2) is 4.98 Å². The molecule has 1 fully saturated rings. The van der Waals surface area contributed by atoms with Crippen molar-refractivity contribution in [2.75, 3.05) is 5.75 Å². The third kappa shape index (κ3) is 2.22. The summed E-state index contributed by atoms with van der Waals surface area (Å²) in [6.45, 7) is 1.82. The molecule has 0 saturated heterocycles. The highest BCUT2D eigenvalue weighted by Crippen LogP contribution is 2.40. The summed E-state index contributed by atoms with van der Waals surface area (Å²) in [5.74, 6) is -0.549. The number of rotatable bonds is 5. The molecule has 88 valence electrons. The Hall–Kier alpha value is -1.01. The molecule has 0 bridgehead atoms. The van der Waals surface area contributed by atoms with Crippen LogP contribution >= 0.6 is 11.8 Å². The Labute approximate surface area is 97.4 Å². The molecule has 1 saturated carbocycles. The van der Waals surface area contributed by atoms with Crippen molar-refractivity contribution < 1.29 is 14.3 Å². The SMILES string of the molecule is Cc1coc(SCC(N)(C(=O)O)C2CC2)n1. The molecular formula is C10H14N2O3S. The van der Waals surface area contributed by atoms with Gasteiger partial charge in [0.1, 0.15) is 11.8 Å². The predicted molar refractivity (Wildman–Crippen MR) is 59.2 cm³/mol. The van der Waals surface area contributed by atoms with Crippen LogP contribution in [0.1, 0.15) is 18.5 Å². The molecule has 6 heteroatoms. The van der Waals surface area contributed by atoms with Crippen molar-refractivity contribution >= 4 is 17.7 Å². The highest BCUT2D eigenvalue weighted by atomic mass is 32.2. The van der Waals surface area contributed by atoms with Gasteiger partial charge in [-0.3, -0.25) is 4.79 Å². The Bertz CT molecular complexity index is 403. The number of carboxylic acids is 1.